The van der Waals surface area contributed by atoms with Crippen molar-refractivity contribution in [2.45, 2.75) is 4.90 Å². The molecule has 130 valence electrons. The molecule has 0 saturated heterocycles. The molecule has 0 saturated carbocycles. The Balaban J connectivity index is 2.00. The molecule has 0 radical (unpaired) electrons. The monoisotopic (exact) mass is 366 g/mol. The number of hydrogen-bond acceptors (Lipinski definition) is 6. The van der Waals surface area contributed by atoms with E-state index in [-0.39, 0.29) is 17.9 Å². The summed E-state index contributed by atoms with van der Waals surface area (Å²) in [6.45, 7) is -0.0614. The number of nitro groups is 1. The van der Waals surface area contributed by atoms with Crippen LogP contribution in [0.3, 0.4) is 0 Å². The molecule has 1 aromatic heterocycles. The number of aliphatic hydroxyl groups is 1. The summed E-state index contributed by atoms with van der Waals surface area (Å²) >= 11 is 1.21. The summed E-state index contributed by atoms with van der Waals surface area (Å²) in [5, 5.41) is 29.7. The summed E-state index contributed by atoms with van der Waals surface area (Å²) in [4.78, 5) is 18.8. The van der Waals surface area contributed by atoms with E-state index < -0.39 is 4.92 Å². The maximum absolute atomic E-state index is 11.3. The third-order valence-corrected chi connectivity index (χ3v) is 4.65. The van der Waals surface area contributed by atoms with Gasteiger partial charge in [0.1, 0.15) is 11.9 Å². The number of nitro benzene ring substituents is 1. The molecule has 0 aliphatic heterocycles. The number of aliphatic hydroxyl groups excluding tert-OH is 1. The number of para-hydroxylation sites is 2. The summed E-state index contributed by atoms with van der Waals surface area (Å²) in [5.74, 6) is 0.786. The molecule has 1 heterocycles. The number of rotatable bonds is 6. The molecule has 7 nitrogen and oxygen atoms in total. The molecule has 8 heteroatoms. The van der Waals surface area contributed by atoms with Gasteiger partial charge < -0.3 is 10.1 Å². The van der Waals surface area contributed by atoms with E-state index in [0.29, 0.717) is 22.0 Å². The fourth-order valence-electron chi connectivity index (χ4n) is 2.45. The maximum Gasteiger partial charge on any atom is 0.283 e. The highest BCUT2D eigenvalue weighted by molar-refractivity contribution is 7.99. The standard InChI is InChI=1S/C18H14N4O3S/c19-11-13(18-20-14-3-1-2-4-15(14)21-18)9-12-5-6-17(26-8-7-23)16(10-12)22(24)25/h1-6,9-10,23H,7-8H2,(H,20,21). The number of nitrogens with one attached hydrogen (secondary N) is 1. The van der Waals surface area contributed by atoms with Crippen molar-refractivity contribution in [2.75, 3.05) is 12.4 Å². The number of benzene rings is 2. The van der Waals surface area contributed by atoms with Gasteiger partial charge in [0, 0.05) is 11.8 Å². The van der Waals surface area contributed by atoms with E-state index in [4.69, 9.17) is 5.11 Å². The summed E-state index contributed by atoms with van der Waals surface area (Å²) in [7, 11) is 0. The molecular weight excluding hydrogens is 352 g/mol. The number of fused-ring (bicyclic) bond motifs is 1. The van der Waals surface area contributed by atoms with Crippen molar-refractivity contribution in [3.8, 4) is 6.07 Å². The topological polar surface area (TPSA) is 116 Å². The van der Waals surface area contributed by atoms with Crippen LogP contribution in [0.5, 0.6) is 0 Å². The van der Waals surface area contributed by atoms with Gasteiger partial charge in [-0.05, 0) is 29.8 Å². The minimum atomic E-state index is -0.468. The molecule has 0 aliphatic carbocycles. The first kappa shape index (κ1) is 17.7. The number of nitriles is 1. The first-order valence-corrected chi connectivity index (χ1v) is 8.70. The van der Waals surface area contributed by atoms with Crippen molar-refractivity contribution in [3.05, 3.63) is 64.0 Å². The van der Waals surface area contributed by atoms with Gasteiger partial charge in [-0.2, -0.15) is 5.26 Å². The van der Waals surface area contributed by atoms with Gasteiger partial charge in [0.2, 0.25) is 0 Å². The van der Waals surface area contributed by atoms with E-state index in [1.807, 2.05) is 24.3 Å². The van der Waals surface area contributed by atoms with Crippen LogP contribution >= 0.6 is 11.8 Å². The van der Waals surface area contributed by atoms with Crippen molar-refractivity contribution in [1.29, 1.82) is 5.26 Å². The predicted molar refractivity (Wildman–Crippen MR) is 100 cm³/mol. The molecule has 0 spiro atoms. The van der Waals surface area contributed by atoms with Crippen LogP contribution in [0.15, 0.2) is 47.4 Å². The Morgan fingerprint density at radius 1 is 1.38 bits per heavy atom. The second kappa shape index (κ2) is 7.82. The summed E-state index contributed by atoms with van der Waals surface area (Å²) in [6, 6.07) is 14.2. The van der Waals surface area contributed by atoms with Gasteiger partial charge in [0.05, 0.1) is 33.0 Å². The number of H-pyrrole nitrogens is 1. The minimum absolute atomic E-state index is 0.0564. The Bertz CT molecular complexity index is 1000. The molecule has 0 aliphatic rings. The third-order valence-electron chi connectivity index (χ3n) is 3.60. The van der Waals surface area contributed by atoms with E-state index in [1.54, 1.807) is 18.2 Å². The first-order valence-electron chi connectivity index (χ1n) is 7.71. The molecule has 26 heavy (non-hydrogen) atoms. The van der Waals surface area contributed by atoms with Crippen molar-refractivity contribution < 1.29 is 10.0 Å². The number of hydrogen-bond donors (Lipinski definition) is 2. The fraction of sp³-hybridized carbons (Fsp3) is 0.111. The van der Waals surface area contributed by atoms with Crippen LogP contribution in [0, 0.1) is 21.4 Å². The Hall–Kier alpha value is -3.15. The highest BCUT2D eigenvalue weighted by Gasteiger charge is 2.15. The molecule has 0 atom stereocenters. The summed E-state index contributed by atoms with van der Waals surface area (Å²) in [6.07, 6.45) is 1.56. The van der Waals surface area contributed by atoms with E-state index >= 15 is 0 Å². The van der Waals surface area contributed by atoms with Gasteiger partial charge in [-0.3, -0.25) is 10.1 Å². The zero-order valence-electron chi connectivity index (χ0n) is 13.5. The van der Waals surface area contributed by atoms with Crippen molar-refractivity contribution in [2.24, 2.45) is 0 Å². The lowest BCUT2D eigenvalue weighted by atomic mass is 10.1. The second-order valence-corrected chi connectivity index (χ2v) is 6.47. The second-order valence-electron chi connectivity index (χ2n) is 5.33. The van der Waals surface area contributed by atoms with Crippen LogP contribution in [-0.2, 0) is 0 Å². The van der Waals surface area contributed by atoms with E-state index in [1.165, 1.54) is 17.8 Å². The van der Waals surface area contributed by atoms with Crippen molar-refractivity contribution in [3.63, 3.8) is 0 Å². The number of imidazole rings is 1. The molecule has 0 bridgehead atoms. The zero-order valence-corrected chi connectivity index (χ0v) is 14.4. The number of thioether (sulfide) groups is 1. The molecular formula is C18H14N4O3S. The Morgan fingerprint density at radius 3 is 2.88 bits per heavy atom. The fourth-order valence-corrected chi connectivity index (χ4v) is 3.20. The van der Waals surface area contributed by atoms with E-state index in [9.17, 15) is 15.4 Å². The van der Waals surface area contributed by atoms with Crippen LogP contribution < -0.4 is 0 Å². The Kier molecular flexibility index (Phi) is 5.31. The highest BCUT2D eigenvalue weighted by atomic mass is 32.2. The molecule has 2 N–H and O–H groups in total. The van der Waals surface area contributed by atoms with Crippen LogP contribution in [-0.4, -0.2) is 32.4 Å². The normalized spacial score (nSPS) is 11.5. The molecule has 0 unspecified atom stereocenters. The van der Waals surface area contributed by atoms with E-state index in [2.05, 4.69) is 16.0 Å². The van der Waals surface area contributed by atoms with Gasteiger partial charge in [0.25, 0.3) is 5.69 Å². The Morgan fingerprint density at radius 2 is 2.19 bits per heavy atom. The number of nitrogens with zero attached hydrogens (tertiary/aromatic N) is 3. The van der Waals surface area contributed by atoms with Crippen LogP contribution in [0.25, 0.3) is 22.7 Å². The van der Waals surface area contributed by atoms with Crippen molar-refractivity contribution in [1.82, 2.24) is 9.97 Å². The lowest BCUT2D eigenvalue weighted by Gasteiger charge is -2.03. The van der Waals surface area contributed by atoms with Gasteiger partial charge in [-0.25, -0.2) is 4.98 Å². The highest BCUT2D eigenvalue weighted by Crippen LogP contribution is 2.31. The number of allylic oxidation sites excluding steroid dienone is 1. The van der Waals surface area contributed by atoms with Crippen LogP contribution in [0.4, 0.5) is 5.69 Å². The summed E-state index contributed by atoms with van der Waals surface area (Å²) < 4.78 is 0. The quantitative estimate of drug-likeness (QED) is 0.298. The number of aromatic nitrogens is 2. The predicted octanol–water partition coefficient (Wildman–Crippen LogP) is 3.62. The lowest BCUT2D eigenvalue weighted by molar-refractivity contribution is -0.387. The zero-order chi connectivity index (χ0) is 18.5. The van der Waals surface area contributed by atoms with Gasteiger partial charge in [0.15, 0.2) is 0 Å². The van der Waals surface area contributed by atoms with Gasteiger partial charge >= 0.3 is 0 Å². The van der Waals surface area contributed by atoms with E-state index in [0.717, 1.165) is 11.0 Å². The molecule has 3 aromatic rings. The average Bonchev–Trinajstić information content (AvgIpc) is 3.08. The average molecular weight is 366 g/mol. The first-order chi connectivity index (χ1) is 12.6. The minimum Gasteiger partial charge on any atom is -0.396 e. The van der Waals surface area contributed by atoms with Gasteiger partial charge in [-0.1, -0.05) is 18.2 Å². The maximum atomic E-state index is 11.3. The Labute approximate surface area is 153 Å². The van der Waals surface area contributed by atoms with Crippen LogP contribution in [0.2, 0.25) is 0 Å². The third kappa shape index (κ3) is 3.74. The lowest BCUT2D eigenvalue weighted by Crippen LogP contribution is -1.94. The van der Waals surface area contributed by atoms with Crippen LogP contribution in [0.1, 0.15) is 11.4 Å². The number of aromatic amines is 1. The largest absolute Gasteiger partial charge is 0.396 e. The molecule has 2 aromatic carbocycles. The summed E-state index contributed by atoms with van der Waals surface area (Å²) in [5.41, 5.74) is 2.31. The SMILES string of the molecule is N#CC(=Cc1ccc(SCCO)c([N+](=O)[O-])c1)c1nc2ccccc2[nH]1. The van der Waals surface area contributed by atoms with Crippen molar-refractivity contribution >= 4 is 40.1 Å². The smallest absolute Gasteiger partial charge is 0.283 e. The molecule has 0 amide bonds. The molecule has 3 rings (SSSR count). The van der Waals surface area contributed by atoms with Gasteiger partial charge in [-0.15, -0.1) is 11.8 Å². The molecule has 0 fully saturated rings.